The molecule has 1 aromatic rings. The van der Waals surface area contributed by atoms with Gasteiger partial charge in [-0.25, -0.2) is 4.79 Å². The van der Waals surface area contributed by atoms with E-state index < -0.39 is 5.97 Å². The minimum Gasteiger partial charge on any atom is -0.462 e. The molecule has 0 aliphatic carbocycles. The highest BCUT2D eigenvalue weighted by Gasteiger charge is 2.18. The summed E-state index contributed by atoms with van der Waals surface area (Å²) in [5.41, 5.74) is 1.76. The van der Waals surface area contributed by atoms with Gasteiger partial charge >= 0.3 is 5.97 Å². The van der Waals surface area contributed by atoms with Crippen molar-refractivity contribution in [1.29, 1.82) is 0 Å². The molecule has 0 saturated heterocycles. The van der Waals surface area contributed by atoms with Gasteiger partial charge in [0.15, 0.2) is 0 Å². The molecule has 0 radical (unpaired) electrons. The van der Waals surface area contributed by atoms with E-state index in [0.29, 0.717) is 30.9 Å². The summed E-state index contributed by atoms with van der Waals surface area (Å²) in [5.74, 6) is -0.630. The number of halogens is 1. The SMILES string of the molecule is CCOCCC(=O)Nc1c(CC)cc(Br)cc1C(=O)OCC. The second-order valence-corrected chi connectivity index (χ2v) is 5.47. The summed E-state index contributed by atoms with van der Waals surface area (Å²) >= 11 is 3.38. The molecule has 5 nitrogen and oxygen atoms in total. The third-order valence-corrected chi connectivity index (χ3v) is 3.46. The van der Waals surface area contributed by atoms with Crippen LogP contribution in [0.25, 0.3) is 0 Å². The monoisotopic (exact) mass is 371 g/mol. The molecule has 1 aromatic carbocycles. The normalized spacial score (nSPS) is 10.4. The Kier molecular flexibility index (Phi) is 8.12. The van der Waals surface area contributed by atoms with Crippen LogP contribution in [0, 0.1) is 0 Å². The third-order valence-electron chi connectivity index (χ3n) is 3.00. The van der Waals surface area contributed by atoms with Crippen molar-refractivity contribution in [1.82, 2.24) is 0 Å². The van der Waals surface area contributed by atoms with Crippen molar-refractivity contribution in [2.45, 2.75) is 33.6 Å². The molecule has 0 aromatic heterocycles. The Morgan fingerprint density at radius 2 is 1.91 bits per heavy atom. The van der Waals surface area contributed by atoms with Gasteiger partial charge in [0.25, 0.3) is 0 Å². The maximum atomic E-state index is 12.1. The Balaban J connectivity index is 3.03. The number of amides is 1. The number of carbonyl (C=O) groups excluding carboxylic acids is 2. The molecule has 0 bridgehead atoms. The molecular weight excluding hydrogens is 350 g/mol. The highest BCUT2D eigenvalue weighted by atomic mass is 79.9. The number of anilines is 1. The number of esters is 1. The average Bonchev–Trinajstić information content (AvgIpc) is 2.49. The zero-order valence-electron chi connectivity index (χ0n) is 13.2. The van der Waals surface area contributed by atoms with Gasteiger partial charge in [0.05, 0.1) is 30.9 Å². The zero-order chi connectivity index (χ0) is 16.5. The molecule has 22 heavy (non-hydrogen) atoms. The number of benzene rings is 1. The molecule has 1 rings (SSSR count). The Labute approximate surface area is 139 Å². The van der Waals surface area contributed by atoms with Gasteiger partial charge in [-0.05, 0) is 38.0 Å². The van der Waals surface area contributed by atoms with Gasteiger partial charge in [0, 0.05) is 11.1 Å². The molecule has 0 unspecified atom stereocenters. The summed E-state index contributed by atoms with van der Waals surface area (Å²) in [5, 5.41) is 2.81. The van der Waals surface area contributed by atoms with E-state index in [2.05, 4.69) is 21.2 Å². The van der Waals surface area contributed by atoms with E-state index in [1.165, 1.54) is 0 Å². The lowest BCUT2D eigenvalue weighted by Crippen LogP contribution is -2.19. The molecule has 1 amide bonds. The summed E-state index contributed by atoms with van der Waals surface area (Å²) < 4.78 is 11.0. The molecule has 0 spiro atoms. The van der Waals surface area contributed by atoms with Gasteiger partial charge in [-0.15, -0.1) is 0 Å². The molecule has 0 heterocycles. The highest BCUT2D eigenvalue weighted by molar-refractivity contribution is 9.10. The maximum absolute atomic E-state index is 12.1. The Morgan fingerprint density at radius 3 is 2.50 bits per heavy atom. The third kappa shape index (κ3) is 5.42. The number of hydrogen-bond donors (Lipinski definition) is 1. The Bertz CT molecular complexity index is 531. The molecule has 1 N–H and O–H groups in total. The van der Waals surface area contributed by atoms with Crippen LogP contribution in [-0.4, -0.2) is 31.7 Å². The van der Waals surface area contributed by atoms with Crippen molar-refractivity contribution in [2.75, 3.05) is 25.1 Å². The summed E-state index contributed by atoms with van der Waals surface area (Å²) in [6.45, 7) is 6.80. The number of nitrogens with one attached hydrogen (secondary N) is 1. The molecule has 0 aliphatic heterocycles. The molecule has 6 heteroatoms. The Hall–Kier alpha value is -1.40. The first-order chi connectivity index (χ1) is 10.5. The van der Waals surface area contributed by atoms with Crippen molar-refractivity contribution >= 4 is 33.5 Å². The minimum absolute atomic E-state index is 0.184. The summed E-state index contributed by atoms with van der Waals surface area (Å²) in [7, 11) is 0. The van der Waals surface area contributed by atoms with Crippen LogP contribution >= 0.6 is 15.9 Å². The fraction of sp³-hybridized carbons (Fsp3) is 0.500. The summed E-state index contributed by atoms with van der Waals surface area (Å²) in [6.07, 6.45) is 0.933. The van der Waals surface area contributed by atoms with Crippen molar-refractivity contribution < 1.29 is 19.1 Å². The largest absolute Gasteiger partial charge is 0.462 e. The highest BCUT2D eigenvalue weighted by Crippen LogP contribution is 2.28. The van der Waals surface area contributed by atoms with E-state index in [-0.39, 0.29) is 18.9 Å². The van der Waals surface area contributed by atoms with Crippen LogP contribution in [0.5, 0.6) is 0 Å². The van der Waals surface area contributed by atoms with Crippen LogP contribution in [0.2, 0.25) is 0 Å². The first-order valence-corrected chi connectivity index (χ1v) is 8.19. The Morgan fingerprint density at radius 1 is 1.18 bits per heavy atom. The number of hydrogen-bond acceptors (Lipinski definition) is 4. The number of aryl methyl sites for hydroxylation is 1. The quantitative estimate of drug-likeness (QED) is 0.560. The van der Waals surface area contributed by atoms with E-state index in [9.17, 15) is 9.59 Å². The van der Waals surface area contributed by atoms with E-state index >= 15 is 0 Å². The van der Waals surface area contributed by atoms with Crippen molar-refractivity contribution in [3.05, 3.63) is 27.7 Å². The molecule has 0 atom stereocenters. The standard InChI is InChI=1S/C16H22BrNO4/c1-4-11-9-12(17)10-13(16(20)22-6-3)15(11)18-14(19)7-8-21-5-2/h9-10H,4-8H2,1-3H3,(H,18,19). The van der Waals surface area contributed by atoms with E-state index in [0.717, 1.165) is 10.0 Å². The predicted octanol–water partition coefficient (Wildman–Crippen LogP) is 3.55. The predicted molar refractivity (Wildman–Crippen MR) is 89.2 cm³/mol. The van der Waals surface area contributed by atoms with Crippen LogP contribution in [-0.2, 0) is 20.7 Å². The number of carbonyl (C=O) groups is 2. The van der Waals surface area contributed by atoms with Crippen LogP contribution in [0.15, 0.2) is 16.6 Å². The first kappa shape index (κ1) is 18.6. The van der Waals surface area contributed by atoms with E-state index in [4.69, 9.17) is 9.47 Å². The van der Waals surface area contributed by atoms with Gasteiger partial charge in [-0.2, -0.15) is 0 Å². The van der Waals surface area contributed by atoms with Crippen molar-refractivity contribution in [3.63, 3.8) is 0 Å². The second-order valence-electron chi connectivity index (χ2n) is 4.56. The summed E-state index contributed by atoms with van der Waals surface area (Å²) in [6, 6.07) is 3.55. The zero-order valence-corrected chi connectivity index (χ0v) is 14.8. The topological polar surface area (TPSA) is 64.6 Å². The maximum Gasteiger partial charge on any atom is 0.340 e. The molecular formula is C16H22BrNO4. The molecule has 0 aliphatic rings. The van der Waals surface area contributed by atoms with Crippen LogP contribution in [0.4, 0.5) is 5.69 Å². The lowest BCUT2D eigenvalue weighted by Gasteiger charge is -2.15. The van der Waals surface area contributed by atoms with Gasteiger partial charge in [-0.3, -0.25) is 4.79 Å². The van der Waals surface area contributed by atoms with Crippen molar-refractivity contribution in [3.8, 4) is 0 Å². The fourth-order valence-corrected chi connectivity index (χ4v) is 2.48. The molecule has 122 valence electrons. The van der Waals surface area contributed by atoms with Crippen LogP contribution in [0.1, 0.15) is 43.1 Å². The van der Waals surface area contributed by atoms with Gasteiger partial charge in [0.2, 0.25) is 5.91 Å². The minimum atomic E-state index is -0.446. The lowest BCUT2D eigenvalue weighted by molar-refractivity contribution is -0.117. The number of ether oxygens (including phenoxy) is 2. The van der Waals surface area contributed by atoms with Gasteiger partial charge < -0.3 is 14.8 Å². The second kappa shape index (κ2) is 9.58. The lowest BCUT2D eigenvalue weighted by atomic mass is 10.0. The van der Waals surface area contributed by atoms with Crippen LogP contribution < -0.4 is 5.32 Å². The first-order valence-electron chi connectivity index (χ1n) is 7.40. The van der Waals surface area contributed by atoms with E-state index in [1.54, 1.807) is 13.0 Å². The van der Waals surface area contributed by atoms with Gasteiger partial charge in [-0.1, -0.05) is 22.9 Å². The fourth-order valence-electron chi connectivity index (χ4n) is 1.97. The smallest absolute Gasteiger partial charge is 0.340 e. The average molecular weight is 372 g/mol. The van der Waals surface area contributed by atoms with Gasteiger partial charge in [0.1, 0.15) is 0 Å². The number of rotatable bonds is 8. The summed E-state index contributed by atoms with van der Waals surface area (Å²) in [4.78, 5) is 24.1. The van der Waals surface area contributed by atoms with Crippen LogP contribution in [0.3, 0.4) is 0 Å². The van der Waals surface area contributed by atoms with E-state index in [1.807, 2.05) is 19.9 Å². The molecule has 0 fully saturated rings. The molecule has 0 saturated carbocycles. The van der Waals surface area contributed by atoms with Crippen molar-refractivity contribution in [2.24, 2.45) is 0 Å².